The molecule has 2 N–H and O–H groups in total. The second-order valence-corrected chi connectivity index (χ2v) is 13.4. The van der Waals surface area contributed by atoms with Crippen molar-refractivity contribution in [3.63, 3.8) is 0 Å². The quantitative estimate of drug-likeness (QED) is 0.397. The van der Waals surface area contributed by atoms with Crippen molar-refractivity contribution in [1.82, 2.24) is 9.97 Å². The SMILES string of the molecule is CS(=O)(=O)[C@]1(c2cc(/C=C(\F)c3cnc(OCC(F)(F)C(F)F)cn3)ccc2F)CO[C@@](C(F)(F)F)(S(C)(=O)=O)C(N)=N1. The van der Waals surface area contributed by atoms with Crippen LogP contribution in [0.2, 0.25) is 0 Å². The Kier molecular flexibility index (Phi) is 8.89. The predicted octanol–water partition coefficient (Wildman–Crippen LogP) is 3.25. The van der Waals surface area contributed by atoms with Gasteiger partial charge in [-0.25, -0.2) is 49.4 Å². The summed E-state index contributed by atoms with van der Waals surface area (Å²) in [6, 6.07) is 2.16. The van der Waals surface area contributed by atoms with Gasteiger partial charge in [-0.1, -0.05) is 6.07 Å². The summed E-state index contributed by atoms with van der Waals surface area (Å²) < 4.78 is 181. The number of ether oxygens (including phenoxy) is 2. The van der Waals surface area contributed by atoms with Crippen LogP contribution in [0.5, 0.6) is 5.88 Å². The number of aromatic nitrogens is 2. The second-order valence-electron chi connectivity index (χ2n) is 9.05. The number of benzene rings is 1. The number of nitrogens with two attached hydrogens (primary N) is 1. The van der Waals surface area contributed by atoms with Crippen LogP contribution in [0.15, 0.2) is 35.6 Å². The summed E-state index contributed by atoms with van der Waals surface area (Å²) in [7, 11) is -10.1. The van der Waals surface area contributed by atoms with E-state index in [9.17, 15) is 52.0 Å². The third kappa shape index (κ3) is 6.28. The smallest absolute Gasteiger partial charge is 0.439 e. The summed E-state index contributed by atoms with van der Waals surface area (Å²) in [5.74, 6) is -9.67. The number of aliphatic imine (C=N–C) groups is 1. The molecule has 0 aliphatic carbocycles. The zero-order valence-electron chi connectivity index (χ0n) is 21.5. The van der Waals surface area contributed by atoms with Crippen LogP contribution in [0, 0.1) is 5.82 Å². The minimum atomic E-state index is -5.74. The Bertz CT molecular complexity index is 1670. The van der Waals surface area contributed by atoms with Crippen LogP contribution in [0.1, 0.15) is 16.8 Å². The molecule has 1 aromatic heterocycles. The van der Waals surface area contributed by atoms with Gasteiger partial charge in [-0.3, -0.25) is 0 Å². The molecule has 3 rings (SSSR count). The van der Waals surface area contributed by atoms with Crippen LogP contribution in [0.25, 0.3) is 11.9 Å². The van der Waals surface area contributed by atoms with Gasteiger partial charge < -0.3 is 15.2 Å². The molecule has 2 atom stereocenters. The van der Waals surface area contributed by atoms with Crippen molar-refractivity contribution in [1.29, 1.82) is 0 Å². The fourth-order valence-corrected chi connectivity index (χ4v) is 5.95. The summed E-state index contributed by atoms with van der Waals surface area (Å²) in [4.78, 5) is 2.98. The molecule has 0 radical (unpaired) electrons. The lowest BCUT2D eigenvalue weighted by molar-refractivity contribution is -0.220. The number of hydrogen-bond acceptors (Lipinski definition) is 10. The van der Waals surface area contributed by atoms with Crippen molar-refractivity contribution in [3.05, 3.63) is 53.2 Å². The topological polar surface area (TPSA) is 151 Å². The van der Waals surface area contributed by atoms with Crippen LogP contribution >= 0.6 is 0 Å². The molecular formula is C22H19F9N4O6S2. The van der Waals surface area contributed by atoms with Crippen LogP contribution in [0.3, 0.4) is 0 Å². The van der Waals surface area contributed by atoms with Crippen molar-refractivity contribution < 1.29 is 65.8 Å². The highest BCUT2D eigenvalue weighted by molar-refractivity contribution is 7.93. The summed E-state index contributed by atoms with van der Waals surface area (Å²) in [6.45, 7) is -3.44. The van der Waals surface area contributed by atoms with Gasteiger partial charge >= 0.3 is 23.5 Å². The molecule has 0 saturated carbocycles. The maximum absolute atomic E-state index is 15.0. The van der Waals surface area contributed by atoms with E-state index in [1.54, 1.807) is 0 Å². The molecule has 0 amide bonds. The van der Waals surface area contributed by atoms with Gasteiger partial charge in [-0.05, 0) is 23.8 Å². The molecule has 0 unspecified atom stereocenters. The lowest BCUT2D eigenvalue weighted by Crippen LogP contribution is -2.66. The number of halogens is 9. The number of sulfone groups is 2. The minimum absolute atomic E-state index is 0.116. The van der Waals surface area contributed by atoms with Gasteiger partial charge in [0.25, 0.3) is 0 Å². The number of nitrogens with zero attached hydrogens (tertiary/aromatic N) is 3. The van der Waals surface area contributed by atoms with E-state index in [4.69, 9.17) is 5.73 Å². The molecule has 43 heavy (non-hydrogen) atoms. The Balaban J connectivity index is 2.05. The van der Waals surface area contributed by atoms with Crippen molar-refractivity contribution in [3.8, 4) is 5.88 Å². The maximum atomic E-state index is 15.0. The second kappa shape index (κ2) is 11.2. The first-order chi connectivity index (χ1) is 19.5. The van der Waals surface area contributed by atoms with E-state index in [0.717, 1.165) is 6.07 Å². The zero-order chi connectivity index (χ0) is 32.8. The van der Waals surface area contributed by atoms with Gasteiger partial charge in [0.15, 0.2) is 37.9 Å². The van der Waals surface area contributed by atoms with Crippen LogP contribution < -0.4 is 10.5 Å². The van der Waals surface area contributed by atoms with Gasteiger partial charge in [-0.2, -0.15) is 22.0 Å². The Hall–Kier alpha value is -3.46. The molecule has 0 fully saturated rings. The van der Waals surface area contributed by atoms with Gasteiger partial charge in [0.05, 0.1) is 19.0 Å². The van der Waals surface area contributed by atoms with E-state index >= 15 is 4.39 Å². The van der Waals surface area contributed by atoms with Gasteiger partial charge in [0.2, 0.25) is 10.8 Å². The molecule has 2 aromatic rings. The van der Waals surface area contributed by atoms with E-state index in [0.29, 0.717) is 36.9 Å². The molecule has 0 saturated heterocycles. The fraction of sp³-hybridized carbons (Fsp3) is 0.409. The fourth-order valence-electron chi connectivity index (χ4n) is 3.74. The number of hydrogen-bond donors (Lipinski definition) is 1. The Morgan fingerprint density at radius 2 is 1.72 bits per heavy atom. The largest absolute Gasteiger partial charge is 0.470 e. The Morgan fingerprint density at radius 3 is 2.19 bits per heavy atom. The first-order valence-electron chi connectivity index (χ1n) is 11.2. The van der Waals surface area contributed by atoms with Crippen molar-refractivity contribution >= 4 is 37.4 Å². The predicted molar refractivity (Wildman–Crippen MR) is 132 cm³/mol. The average Bonchev–Trinajstić information content (AvgIpc) is 2.86. The molecule has 21 heteroatoms. The number of alkyl halides is 7. The first kappa shape index (κ1) is 34.0. The zero-order valence-corrected chi connectivity index (χ0v) is 23.2. The molecule has 1 aromatic carbocycles. The highest BCUT2D eigenvalue weighted by Crippen LogP contribution is 2.46. The first-order valence-corrected chi connectivity index (χ1v) is 15.0. The third-order valence-electron chi connectivity index (χ3n) is 5.93. The van der Waals surface area contributed by atoms with Crippen LogP contribution in [-0.2, 0) is 29.3 Å². The van der Waals surface area contributed by atoms with E-state index < -0.39 is 95.8 Å². The monoisotopic (exact) mass is 670 g/mol. The summed E-state index contributed by atoms with van der Waals surface area (Å²) in [6.07, 6.45) is -7.33. The van der Waals surface area contributed by atoms with Crippen LogP contribution in [0.4, 0.5) is 39.5 Å². The maximum Gasteiger partial charge on any atom is 0.439 e. The summed E-state index contributed by atoms with van der Waals surface area (Å²) >= 11 is 0. The van der Waals surface area contributed by atoms with Gasteiger partial charge in [-0.15, -0.1) is 0 Å². The third-order valence-corrected chi connectivity index (χ3v) is 9.19. The van der Waals surface area contributed by atoms with E-state index in [2.05, 4.69) is 24.4 Å². The van der Waals surface area contributed by atoms with Crippen molar-refractivity contribution in [2.45, 2.75) is 28.3 Å². The lowest BCUT2D eigenvalue weighted by Gasteiger charge is -2.41. The molecule has 238 valence electrons. The number of amidine groups is 1. The van der Waals surface area contributed by atoms with Crippen molar-refractivity contribution in [2.24, 2.45) is 10.7 Å². The molecule has 1 aliphatic rings. The Morgan fingerprint density at radius 1 is 1.09 bits per heavy atom. The number of rotatable bonds is 9. The van der Waals surface area contributed by atoms with E-state index in [1.807, 2.05) is 0 Å². The highest BCUT2D eigenvalue weighted by atomic mass is 32.2. The standard InChI is InChI=1S/C22H19F9N4O6S2/c1-42(36,37)20(10-41-21(18(32)35-20,22(29,30)31)43(2,38)39)12-5-11(3-4-13(12)23)6-14(24)15-7-34-16(8-33-15)40-9-19(27,28)17(25)26/h3-8,17H,9-10H2,1-2H3,(H2,32,35)/b14-6-/t20-,21+/m0/s1. The summed E-state index contributed by atoms with van der Waals surface area (Å²) in [5.41, 5.74) is 3.46. The molecular weight excluding hydrogens is 651 g/mol. The van der Waals surface area contributed by atoms with Gasteiger partial charge in [0.1, 0.15) is 11.5 Å². The van der Waals surface area contributed by atoms with Crippen LogP contribution in [-0.4, -0.2) is 81.8 Å². The average molecular weight is 671 g/mol. The molecule has 2 heterocycles. The van der Waals surface area contributed by atoms with E-state index in [1.165, 1.54) is 0 Å². The lowest BCUT2D eigenvalue weighted by atomic mass is 10.0. The van der Waals surface area contributed by atoms with Gasteiger partial charge in [0, 0.05) is 18.1 Å². The molecule has 0 spiro atoms. The van der Waals surface area contributed by atoms with Crippen molar-refractivity contribution in [2.75, 3.05) is 25.7 Å². The minimum Gasteiger partial charge on any atom is -0.470 e. The normalized spacial score (nSPS) is 22.4. The Labute approximate surface area is 237 Å². The molecule has 10 nitrogen and oxygen atoms in total. The summed E-state index contributed by atoms with van der Waals surface area (Å²) in [5, 5.41) is 0. The molecule has 1 aliphatic heterocycles. The molecule has 0 bridgehead atoms. The van der Waals surface area contributed by atoms with E-state index in [-0.39, 0.29) is 11.8 Å². The highest BCUT2D eigenvalue weighted by Gasteiger charge is 2.70.